The number of benzene rings is 4. The number of nitrogens with zero attached hydrogens (tertiary/aromatic N) is 2. The molecule has 0 spiro atoms. The number of carbonyl (C=O) groups is 1. The second-order valence-electron chi connectivity index (χ2n) is 8.04. The maximum atomic E-state index is 13.4. The van der Waals surface area contributed by atoms with Crippen molar-refractivity contribution in [3.63, 3.8) is 0 Å². The zero-order valence-electron chi connectivity index (χ0n) is 19.1. The molecule has 1 N–H and O–H groups in total. The van der Waals surface area contributed by atoms with Crippen LogP contribution in [-0.4, -0.2) is 31.4 Å². The Balaban J connectivity index is 1.55. The van der Waals surface area contributed by atoms with Crippen LogP contribution in [0.15, 0.2) is 101 Å². The topological polar surface area (TPSA) is 78.8 Å². The highest BCUT2D eigenvalue weighted by molar-refractivity contribution is 7.89. The number of amides is 1. The van der Waals surface area contributed by atoms with Crippen LogP contribution < -0.4 is 5.43 Å². The Morgan fingerprint density at radius 2 is 1.63 bits per heavy atom. The van der Waals surface area contributed by atoms with Crippen LogP contribution >= 0.6 is 11.6 Å². The van der Waals surface area contributed by atoms with Gasteiger partial charge in [0.1, 0.15) is 0 Å². The highest BCUT2D eigenvalue weighted by atomic mass is 35.5. The monoisotopic (exact) mass is 505 g/mol. The van der Waals surface area contributed by atoms with E-state index in [1.807, 2.05) is 49.4 Å². The van der Waals surface area contributed by atoms with E-state index in [-0.39, 0.29) is 11.4 Å². The SMILES string of the molecule is Cc1ccc(S(=O)(=O)N(CC(=O)N/N=C\c2cccc3ccccc23)Cc2ccccc2Cl)cc1. The first kappa shape index (κ1) is 24.6. The zero-order valence-corrected chi connectivity index (χ0v) is 20.6. The van der Waals surface area contributed by atoms with Crippen molar-refractivity contribution in [2.45, 2.75) is 18.4 Å². The van der Waals surface area contributed by atoms with E-state index in [0.29, 0.717) is 10.6 Å². The predicted molar refractivity (Wildman–Crippen MR) is 140 cm³/mol. The third-order valence-electron chi connectivity index (χ3n) is 5.50. The third-order valence-corrected chi connectivity index (χ3v) is 7.67. The van der Waals surface area contributed by atoms with Crippen LogP contribution in [0.3, 0.4) is 0 Å². The second kappa shape index (κ2) is 10.8. The minimum absolute atomic E-state index is 0.0592. The molecule has 0 aliphatic carbocycles. The Morgan fingerprint density at radius 1 is 0.943 bits per heavy atom. The Bertz CT molecular complexity index is 1480. The second-order valence-corrected chi connectivity index (χ2v) is 10.4. The number of halogens is 1. The van der Waals surface area contributed by atoms with Crippen LogP contribution in [0.1, 0.15) is 16.7 Å². The van der Waals surface area contributed by atoms with Gasteiger partial charge in [0.15, 0.2) is 0 Å². The number of carbonyl (C=O) groups excluding carboxylic acids is 1. The van der Waals surface area contributed by atoms with E-state index in [9.17, 15) is 13.2 Å². The van der Waals surface area contributed by atoms with Gasteiger partial charge in [0, 0.05) is 17.1 Å². The van der Waals surface area contributed by atoms with Gasteiger partial charge in [-0.15, -0.1) is 0 Å². The van der Waals surface area contributed by atoms with Gasteiger partial charge in [-0.1, -0.05) is 90.0 Å². The fraction of sp³-hybridized carbons (Fsp3) is 0.111. The van der Waals surface area contributed by atoms with Gasteiger partial charge in [0.25, 0.3) is 5.91 Å². The summed E-state index contributed by atoms with van der Waals surface area (Å²) >= 11 is 6.28. The average Bonchev–Trinajstić information content (AvgIpc) is 2.85. The predicted octanol–water partition coefficient (Wildman–Crippen LogP) is 5.14. The smallest absolute Gasteiger partial charge is 0.255 e. The standard InChI is InChI=1S/C27H24ClN3O3S/c1-20-13-15-24(16-14-20)35(33,34)31(18-23-8-3-5-12-26(23)28)19-27(32)30-29-17-22-10-6-9-21-7-2-4-11-25(21)22/h2-17H,18-19H2,1H3,(H,30,32)/b29-17-. The van der Waals surface area contributed by atoms with Crippen LogP contribution in [0.4, 0.5) is 0 Å². The van der Waals surface area contributed by atoms with Gasteiger partial charge < -0.3 is 0 Å². The van der Waals surface area contributed by atoms with Gasteiger partial charge in [0.05, 0.1) is 17.7 Å². The minimum atomic E-state index is -3.97. The summed E-state index contributed by atoms with van der Waals surface area (Å²) in [7, 11) is -3.97. The lowest BCUT2D eigenvalue weighted by Crippen LogP contribution is -2.39. The van der Waals surface area contributed by atoms with Crippen molar-refractivity contribution in [1.29, 1.82) is 0 Å². The van der Waals surface area contributed by atoms with E-state index in [0.717, 1.165) is 26.2 Å². The van der Waals surface area contributed by atoms with E-state index in [2.05, 4.69) is 10.5 Å². The lowest BCUT2D eigenvalue weighted by atomic mass is 10.1. The molecule has 0 aromatic heterocycles. The number of hydrazone groups is 1. The summed E-state index contributed by atoms with van der Waals surface area (Å²) in [5.41, 5.74) is 4.81. The maximum Gasteiger partial charge on any atom is 0.255 e. The lowest BCUT2D eigenvalue weighted by molar-refractivity contribution is -0.121. The molecule has 0 unspecified atom stereocenters. The first-order valence-electron chi connectivity index (χ1n) is 10.9. The summed E-state index contributed by atoms with van der Waals surface area (Å²) in [6.45, 7) is 1.39. The van der Waals surface area contributed by atoms with Crippen LogP contribution in [0.5, 0.6) is 0 Å². The normalized spacial score (nSPS) is 11.9. The number of hydrogen-bond donors (Lipinski definition) is 1. The van der Waals surface area contributed by atoms with Gasteiger partial charge >= 0.3 is 0 Å². The highest BCUT2D eigenvalue weighted by Crippen LogP contribution is 2.23. The van der Waals surface area contributed by atoms with Crippen molar-refractivity contribution < 1.29 is 13.2 Å². The fourth-order valence-corrected chi connectivity index (χ4v) is 5.20. The van der Waals surface area contributed by atoms with Crippen molar-refractivity contribution in [1.82, 2.24) is 9.73 Å². The van der Waals surface area contributed by atoms with Gasteiger partial charge in [0.2, 0.25) is 10.0 Å². The van der Waals surface area contributed by atoms with Gasteiger partial charge in [-0.3, -0.25) is 4.79 Å². The van der Waals surface area contributed by atoms with E-state index < -0.39 is 22.5 Å². The van der Waals surface area contributed by atoms with Crippen LogP contribution in [0.25, 0.3) is 10.8 Å². The number of fused-ring (bicyclic) bond motifs is 1. The lowest BCUT2D eigenvalue weighted by Gasteiger charge is -2.22. The largest absolute Gasteiger partial charge is 0.272 e. The van der Waals surface area contributed by atoms with Crippen molar-refractivity contribution in [2.24, 2.45) is 5.10 Å². The maximum absolute atomic E-state index is 13.4. The quantitative estimate of drug-likeness (QED) is 0.266. The molecular weight excluding hydrogens is 482 g/mol. The van der Waals surface area contributed by atoms with E-state index in [1.165, 1.54) is 12.1 Å². The van der Waals surface area contributed by atoms with Crippen LogP contribution in [0.2, 0.25) is 5.02 Å². The van der Waals surface area contributed by atoms with Crippen molar-refractivity contribution in [3.8, 4) is 0 Å². The number of sulfonamides is 1. The molecule has 0 fully saturated rings. The number of hydrogen-bond acceptors (Lipinski definition) is 4. The molecule has 0 saturated heterocycles. The molecule has 6 nitrogen and oxygen atoms in total. The Hall–Kier alpha value is -3.52. The Kier molecular flexibility index (Phi) is 7.60. The molecule has 8 heteroatoms. The molecule has 4 aromatic rings. The molecule has 0 radical (unpaired) electrons. The summed E-state index contributed by atoms with van der Waals surface area (Å²) in [5, 5.41) is 6.54. The molecule has 0 heterocycles. The fourth-order valence-electron chi connectivity index (χ4n) is 3.63. The van der Waals surface area contributed by atoms with Crippen molar-refractivity contribution in [3.05, 3.63) is 113 Å². The first-order valence-corrected chi connectivity index (χ1v) is 12.8. The summed E-state index contributed by atoms with van der Waals surface area (Å²) in [6.07, 6.45) is 1.55. The number of nitrogens with one attached hydrogen (secondary N) is 1. The van der Waals surface area contributed by atoms with E-state index >= 15 is 0 Å². The molecule has 1 amide bonds. The molecule has 4 rings (SSSR count). The van der Waals surface area contributed by atoms with Gasteiger partial charge in [-0.25, -0.2) is 13.8 Å². The number of rotatable bonds is 8. The molecule has 0 aliphatic heterocycles. The van der Waals surface area contributed by atoms with E-state index in [4.69, 9.17) is 11.6 Å². The summed E-state index contributed by atoms with van der Waals surface area (Å²) in [6, 6.07) is 27.1. The Labute approximate surface area is 209 Å². The molecule has 0 aliphatic rings. The van der Waals surface area contributed by atoms with Crippen molar-refractivity contribution >= 4 is 44.5 Å². The summed E-state index contributed by atoms with van der Waals surface area (Å²) in [4.78, 5) is 12.8. The molecule has 0 bridgehead atoms. The van der Waals surface area contributed by atoms with Crippen LogP contribution in [0, 0.1) is 6.92 Å². The number of aryl methyl sites for hydroxylation is 1. The minimum Gasteiger partial charge on any atom is -0.272 e. The summed E-state index contributed by atoms with van der Waals surface area (Å²) < 4.78 is 27.9. The zero-order chi connectivity index (χ0) is 24.8. The van der Waals surface area contributed by atoms with Gasteiger partial charge in [-0.2, -0.15) is 9.41 Å². The Morgan fingerprint density at radius 3 is 2.40 bits per heavy atom. The van der Waals surface area contributed by atoms with Gasteiger partial charge in [-0.05, 0) is 41.5 Å². The van der Waals surface area contributed by atoms with Crippen molar-refractivity contribution in [2.75, 3.05) is 6.54 Å². The highest BCUT2D eigenvalue weighted by Gasteiger charge is 2.27. The van der Waals surface area contributed by atoms with E-state index in [1.54, 1.807) is 42.6 Å². The third kappa shape index (κ3) is 5.95. The molecule has 178 valence electrons. The molecule has 0 saturated carbocycles. The molecule has 0 atom stereocenters. The molecule has 35 heavy (non-hydrogen) atoms. The average molecular weight is 506 g/mol. The molecular formula is C27H24ClN3O3S. The first-order chi connectivity index (χ1) is 16.8. The summed E-state index contributed by atoms with van der Waals surface area (Å²) in [5.74, 6) is -0.566. The molecule has 4 aromatic carbocycles. The van der Waals surface area contributed by atoms with Crippen LogP contribution in [-0.2, 0) is 21.4 Å².